The number of rotatable bonds is 7. The average Bonchev–Trinajstić information content (AvgIpc) is 2.70. The van der Waals surface area contributed by atoms with Crippen LogP contribution in [0.15, 0.2) is 22.8 Å². The summed E-state index contributed by atoms with van der Waals surface area (Å²) in [6.45, 7) is 5.56. The van der Waals surface area contributed by atoms with Gasteiger partial charge in [0, 0.05) is 17.7 Å². The molecule has 2 nitrogen and oxygen atoms in total. The fraction of sp³-hybridized carbons (Fsp3) is 0.667. The highest BCUT2D eigenvalue weighted by Gasteiger charge is 2.05. The van der Waals surface area contributed by atoms with Gasteiger partial charge in [-0.15, -0.1) is 0 Å². The second-order valence-electron chi connectivity index (χ2n) is 3.97. The lowest BCUT2D eigenvalue weighted by atomic mass is 10.2. The van der Waals surface area contributed by atoms with Crippen molar-refractivity contribution in [1.29, 1.82) is 0 Å². The fourth-order valence-corrected chi connectivity index (χ4v) is 1.81. The van der Waals surface area contributed by atoms with E-state index in [1.54, 1.807) is 6.26 Å². The van der Waals surface area contributed by atoms with Crippen LogP contribution in [0.1, 0.15) is 26.0 Å². The van der Waals surface area contributed by atoms with Crippen LogP contribution < -0.4 is 5.32 Å². The predicted octanol–water partition coefficient (Wildman–Crippen LogP) is 2.94. The highest BCUT2D eigenvalue weighted by Crippen LogP contribution is 2.09. The van der Waals surface area contributed by atoms with E-state index in [0.29, 0.717) is 6.04 Å². The van der Waals surface area contributed by atoms with E-state index in [9.17, 15) is 0 Å². The molecule has 0 bridgehead atoms. The molecule has 1 aromatic heterocycles. The zero-order valence-electron chi connectivity index (χ0n) is 9.82. The maximum absolute atomic E-state index is 5.31. The van der Waals surface area contributed by atoms with E-state index in [4.69, 9.17) is 4.42 Å². The molecule has 86 valence electrons. The Kier molecular flexibility index (Phi) is 5.88. The minimum Gasteiger partial charge on any atom is -0.469 e. The van der Waals surface area contributed by atoms with Gasteiger partial charge in [0.15, 0.2) is 0 Å². The van der Waals surface area contributed by atoms with Crippen molar-refractivity contribution in [3.63, 3.8) is 0 Å². The second kappa shape index (κ2) is 6.96. The smallest absolute Gasteiger partial charge is 0.105 e. The highest BCUT2D eigenvalue weighted by atomic mass is 32.2. The molecule has 0 aliphatic rings. The topological polar surface area (TPSA) is 25.2 Å². The molecule has 1 heterocycles. The molecule has 0 saturated heterocycles. The monoisotopic (exact) mass is 227 g/mol. The van der Waals surface area contributed by atoms with Crippen LogP contribution in [0, 0.1) is 0 Å². The van der Waals surface area contributed by atoms with Gasteiger partial charge >= 0.3 is 0 Å². The predicted molar refractivity (Wildman–Crippen MR) is 67.5 cm³/mol. The second-order valence-corrected chi connectivity index (χ2v) is 5.25. The minimum absolute atomic E-state index is 0.491. The van der Waals surface area contributed by atoms with Crippen molar-refractivity contribution in [1.82, 2.24) is 5.32 Å². The summed E-state index contributed by atoms with van der Waals surface area (Å²) in [5.74, 6) is 1.06. The molecule has 0 fully saturated rings. The normalized spacial score (nSPS) is 15.1. The first-order chi connectivity index (χ1) is 7.22. The Bertz CT molecular complexity index is 248. The molecule has 0 aliphatic carbocycles. The van der Waals surface area contributed by atoms with Crippen LogP contribution in [0.25, 0.3) is 0 Å². The minimum atomic E-state index is 0.491. The maximum Gasteiger partial charge on any atom is 0.105 e. The average molecular weight is 227 g/mol. The number of thioether (sulfide) groups is 1. The van der Waals surface area contributed by atoms with Crippen LogP contribution in [-0.2, 0) is 6.42 Å². The third-order valence-corrected chi connectivity index (χ3v) is 3.57. The summed E-state index contributed by atoms with van der Waals surface area (Å²) in [6.07, 6.45) is 6.10. The number of hydrogen-bond acceptors (Lipinski definition) is 3. The fourth-order valence-electron chi connectivity index (χ4n) is 1.45. The van der Waals surface area contributed by atoms with Gasteiger partial charge in [-0.3, -0.25) is 0 Å². The van der Waals surface area contributed by atoms with Gasteiger partial charge in [0.2, 0.25) is 0 Å². The summed E-state index contributed by atoms with van der Waals surface area (Å²) in [5.41, 5.74) is 0. The summed E-state index contributed by atoms with van der Waals surface area (Å²) >= 11 is 1.92. The summed E-state index contributed by atoms with van der Waals surface area (Å²) < 4.78 is 5.31. The zero-order valence-corrected chi connectivity index (χ0v) is 10.6. The molecule has 0 saturated carbocycles. The Morgan fingerprint density at radius 3 is 2.87 bits per heavy atom. The Balaban J connectivity index is 2.11. The lowest BCUT2D eigenvalue weighted by Crippen LogP contribution is -2.29. The van der Waals surface area contributed by atoms with Gasteiger partial charge in [-0.2, -0.15) is 11.8 Å². The van der Waals surface area contributed by atoms with Crippen LogP contribution in [0.4, 0.5) is 0 Å². The molecule has 15 heavy (non-hydrogen) atoms. The van der Waals surface area contributed by atoms with Gasteiger partial charge in [-0.05, 0) is 38.3 Å². The third kappa shape index (κ3) is 5.28. The van der Waals surface area contributed by atoms with Crippen molar-refractivity contribution in [2.45, 2.75) is 38.0 Å². The van der Waals surface area contributed by atoms with Crippen molar-refractivity contribution >= 4 is 11.8 Å². The number of nitrogens with one attached hydrogen (secondary N) is 1. The number of hydrogen-bond donors (Lipinski definition) is 1. The molecule has 0 radical (unpaired) electrons. The molecule has 0 amide bonds. The van der Waals surface area contributed by atoms with E-state index < -0.39 is 0 Å². The quantitative estimate of drug-likeness (QED) is 0.775. The molecule has 0 spiro atoms. The van der Waals surface area contributed by atoms with E-state index in [1.165, 1.54) is 6.42 Å². The van der Waals surface area contributed by atoms with Crippen molar-refractivity contribution < 1.29 is 4.42 Å². The van der Waals surface area contributed by atoms with E-state index >= 15 is 0 Å². The molecule has 2 atom stereocenters. The SMILES string of the molecule is CSC(C)CCNC(C)Cc1ccco1. The molecule has 3 heteroatoms. The van der Waals surface area contributed by atoms with E-state index in [2.05, 4.69) is 25.4 Å². The van der Waals surface area contributed by atoms with Gasteiger partial charge < -0.3 is 9.73 Å². The molecule has 1 rings (SSSR count). The zero-order chi connectivity index (χ0) is 11.1. The number of furan rings is 1. The van der Waals surface area contributed by atoms with Gasteiger partial charge in [0.1, 0.15) is 5.76 Å². The maximum atomic E-state index is 5.31. The van der Waals surface area contributed by atoms with Gasteiger partial charge in [0.25, 0.3) is 0 Å². The van der Waals surface area contributed by atoms with Crippen LogP contribution in [-0.4, -0.2) is 24.1 Å². The lowest BCUT2D eigenvalue weighted by molar-refractivity contribution is 0.455. The molecule has 1 aromatic rings. The Morgan fingerprint density at radius 1 is 1.47 bits per heavy atom. The van der Waals surface area contributed by atoms with E-state index in [-0.39, 0.29) is 0 Å². The van der Waals surface area contributed by atoms with Gasteiger partial charge in [-0.1, -0.05) is 6.92 Å². The van der Waals surface area contributed by atoms with Gasteiger partial charge in [-0.25, -0.2) is 0 Å². The summed E-state index contributed by atoms with van der Waals surface area (Å²) in [4.78, 5) is 0. The molecular weight excluding hydrogens is 206 g/mol. The van der Waals surface area contributed by atoms with E-state index in [0.717, 1.165) is 24.0 Å². The largest absolute Gasteiger partial charge is 0.469 e. The lowest BCUT2D eigenvalue weighted by Gasteiger charge is -2.14. The first kappa shape index (κ1) is 12.7. The van der Waals surface area contributed by atoms with Crippen molar-refractivity contribution in [2.24, 2.45) is 0 Å². The molecular formula is C12H21NOS. The van der Waals surface area contributed by atoms with Crippen LogP contribution in [0.2, 0.25) is 0 Å². The Hall–Kier alpha value is -0.410. The van der Waals surface area contributed by atoms with E-state index in [1.807, 2.05) is 23.9 Å². The van der Waals surface area contributed by atoms with Crippen LogP contribution in [0.3, 0.4) is 0 Å². The van der Waals surface area contributed by atoms with Crippen LogP contribution in [0.5, 0.6) is 0 Å². The summed E-state index contributed by atoms with van der Waals surface area (Å²) in [7, 11) is 0. The highest BCUT2D eigenvalue weighted by molar-refractivity contribution is 7.99. The first-order valence-corrected chi connectivity index (χ1v) is 6.79. The summed E-state index contributed by atoms with van der Waals surface area (Å²) in [5, 5.41) is 4.26. The van der Waals surface area contributed by atoms with Crippen LogP contribution >= 0.6 is 11.8 Å². The van der Waals surface area contributed by atoms with Crippen molar-refractivity contribution in [2.75, 3.05) is 12.8 Å². The van der Waals surface area contributed by atoms with Gasteiger partial charge in [0.05, 0.1) is 6.26 Å². The molecule has 1 N–H and O–H groups in total. The summed E-state index contributed by atoms with van der Waals surface area (Å²) in [6, 6.07) is 4.46. The first-order valence-electron chi connectivity index (χ1n) is 5.51. The van der Waals surface area contributed by atoms with Crippen molar-refractivity contribution in [3.05, 3.63) is 24.2 Å². The van der Waals surface area contributed by atoms with Crippen molar-refractivity contribution in [3.8, 4) is 0 Å². The Morgan fingerprint density at radius 2 is 2.27 bits per heavy atom. The molecule has 0 aliphatic heterocycles. The third-order valence-electron chi connectivity index (χ3n) is 2.53. The Labute approximate surface area is 96.8 Å². The molecule has 0 aromatic carbocycles. The standard InChI is InChI=1S/C12H21NOS/c1-10(9-12-5-4-8-14-12)13-7-6-11(2)15-3/h4-5,8,10-11,13H,6-7,9H2,1-3H3. The molecule has 2 unspecified atom stereocenters.